The van der Waals surface area contributed by atoms with E-state index in [1.54, 1.807) is 0 Å². The zero-order valence-corrected chi connectivity index (χ0v) is 19.2. The van der Waals surface area contributed by atoms with Crippen LogP contribution >= 0.6 is 0 Å². The van der Waals surface area contributed by atoms with Crippen LogP contribution in [0.25, 0.3) is 28.2 Å². The molecule has 0 atom stereocenters. The summed E-state index contributed by atoms with van der Waals surface area (Å²) in [5, 5.41) is 0. The molecule has 4 aromatic carbocycles. The highest BCUT2D eigenvalue weighted by atomic mass is 15.1. The van der Waals surface area contributed by atoms with Crippen molar-refractivity contribution < 1.29 is 0 Å². The van der Waals surface area contributed by atoms with Crippen molar-refractivity contribution in [2.24, 2.45) is 0 Å². The molecule has 0 saturated heterocycles. The summed E-state index contributed by atoms with van der Waals surface area (Å²) in [4.78, 5) is 4.73. The first-order chi connectivity index (χ1) is 16.1. The maximum atomic E-state index is 4.73. The predicted molar refractivity (Wildman–Crippen MR) is 140 cm³/mol. The average Bonchev–Trinajstić information content (AvgIpc) is 3.42. The molecule has 1 aliphatic heterocycles. The lowest BCUT2D eigenvalue weighted by molar-refractivity contribution is 1.03. The zero-order valence-electron chi connectivity index (χ0n) is 19.2. The minimum absolute atomic E-state index is 0.271. The van der Waals surface area contributed by atoms with Gasteiger partial charge >= 0.3 is 0 Å². The van der Waals surface area contributed by atoms with Crippen molar-refractivity contribution in [3.63, 3.8) is 0 Å². The van der Waals surface area contributed by atoms with Crippen LogP contribution < -0.4 is 16.4 Å². The average molecular weight is 424 g/mol. The molecule has 0 unspecified atom stereocenters. The maximum Gasteiger partial charge on any atom is 0.242 e. The van der Waals surface area contributed by atoms with Crippen molar-refractivity contribution >= 4 is 23.1 Å². The molecule has 2 heterocycles. The van der Waals surface area contributed by atoms with Gasteiger partial charge in [-0.2, -0.15) is 0 Å². The van der Waals surface area contributed by atoms with Crippen LogP contribution in [0, 0.1) is 20.8 Å². The first-order valence-electron chi connectivity index (χ1n) is 11.5. The van der Waals surface area contributed by atoms with Gasteiger partial charge < -0.3 is 0 Å². The number of benzene rings is 4. The zero-order chi connectivity index (χ0) is 22.5. The number of hydrogen-bond acceptors (Lipinski definition) is 1. The summed E-state index contributed by atoms with van der Waals surface area (Å²) in [6.07, 6.45) is 3.96. The van der Waals surface area contributed by atoms with E-state index < -0.39 is 0 Å². The van der Waals surface area contributed by atoms with Crippen LogP contribution in [0.4, 0.5) is 0 Å². The summed E-state index contributed by atoms with van der Waals surface area (Å²) < 4.78 is 2.22. The first-order valence-corrected chi connectivity index (χ1v) is 11.5. The molecule has 3 heteroatoms. The number of fused-ring (bicyclic) bond motifs is 3. The van der Waals surface area contributed by atoms with E-state index in [0.717, 1.165) is 11.4 Å². The lowest BCUT2D eigenvalue weighted by Crippen LogP contribution is -2.48. The van der Waals surface area contributed by atoms with Crippen LogP contribution in [0.2, 0.25) is 0 Å². The van der Waals surface area contributed by atoms with Crippen LogP contribution in [-0.4, -0.2) is 16.3 Å². The molecule has 1 aliphatic rings. The molecule has 6 rings (SSSR count). The van der Waals surface area contributed by atoms with Crippen molar-refractivity contribution in [1.82, 2.24) is 9.55 Å². The number of rotatable bonds is 3. The Morgan fingerprint density at radius 1 is 0.697 bits per heavy atom. The van der Waals surface area contributed by atoms with E-state index in [9.17, 15) is 0 Å². The lowest BCUT2D eigenvalue weighted by Gasteiger charge is -2.16. The summed E-state index contributed by atoms with van der Waals surface area (Å²) in [7, 11) is 0. The van der Waals surface area contributed by atoms with Crippen LogP contribution in [0.3, 0.4) is 0 Å². The second kappa shape index (κ2) is 7.63. The van der Waals surface area contributed by atoms with Gasteiger partial charge in [0.2, 0.25) is 6.71 Å². The molecule has 5 aromatic rings. The summed E-state index contributed by atoms with van der Waals surface area (Å²) in [5.74, 6) is 0.976. The number of nitrogens with zero attached hydrogens (tertiary/aromatic N) is 2. The van der Waals surface area contributed by atoms with Crippen LogP contribution in [-0.2, 0) is 0 Å². The van der Waals surface area contributed by atoms with E-state index in [1.165, 1.54) is 49.9 Å². The quantitative estimate of drug-likeness (QED) is 0.367. The van der Waals surface area contributed by atoms with E-state index >= 15 is 0 Å². The van der Waals surface area contributed by atoms with Gasteiger partial charge in [0, 0.05) is 18.0 Å². The number of aryl methyl sites for hydroxylation is 3. The molecule has 0 fully saturated rings. The summed E-state index contributed by atoms with van der Waals surface area (Å²) in [5.41, 5.74) is 13.0. The van der Waals surface area contributed by atoms with Gasteiger partial charge in [0.05, 0.1) is 5.69 Å². The van der Waals surface area contributed by atoms with Gasteiger partial charge in [-0.1, -0.05) is 107 Å². The highest BCUT2D eigenvalue weighted by molar-refractivity contribution is 6.99. The minimum Gasteiger partial charge on any atom is -0.299 e. The molecule has 0 spiro atoms. The second-order valence-corrected chi connectivity index (χ2v) is 9.10. The standard InChI is InChI=1S/C30H25BN2/c1-20-18-21(2)29(22(3)19-20)33-17-16-32-30(33)23-12-14-24(15-13-23)31-27-10-6-4-8-25(27)26-9-5-7-11-28(26)31/h4-19H,1-3H3. The summed E-state index contributed by atoms with van der Waals surface area (Å²) in [6, 6.07) is 31.0. The molecular formula is C30H25BN2. The molecule has 0 radical (unpaired) electrons. The Balaban J connectivity index is 1.42. The molecule has 0 amide bonds. The highest BCUT2D eigenvalue weighted by Gasteiger charge is 2.32. The van der Waals surface area contributed by atoms with Gasteiger partial charge in [-0.3, -0.25) is 4.57 Å². The van der Waals surface area contributed by atoms with E-state index in [4.69, 9.17) is 4.98 Å². The molecule has 0 N–H and O–H groups in total. The van der Waals surface area contributed by atoms with Crippen molar-refractivity contribution in [2.45, 2.75) is 20.8 Å². The third kappa shape index (κ3) is 3.15. The van der Waals surface area contributed by atoms with Crippen molar-refractivity contribution in [1.29, 1.82) is 0 Å². The molecule has 2 nitrogen and oxygen atoms in total. The van der Waals surface area contributed by atoms with Crippen molar-refractivity contribution in [2.75, 3.05) is 0 Å². The third-order valence-corrected chi connectivity index (χ3v) is 6.85. The van der Waals surface area contributed by atoms with Crippen LogP contribution in [0.15, 0.2) is 97.3 Å². The lowest BCUT2D eigenvalue weighted by atomic mass is 9.39. The summed E-state index contributed by atoms with van der Waals surface area (Å²) >= 11 is 0. The van der Waals surface area contributed by atoms with Gasteiger partial charge in [-0.25, -0.2) is 4.98 Å². The minimum atomic E-state index is 0.271. The van der Waals surface area contributed by atoms with Crippen LogP contribution in [0.1, 0.15) is 16.7 Å². The largest absolute Gasteiger partial charge is 0.299 e. The molecule has 1 aromatic heterocycles. The van der Waals surface area contributed by atoms with E-state index in [1.807, 2.05) is 6.20 Å². The molecular weight excluding hydrogens is 399 g/mol. The Labute approximate surface area is 195 Å². The molecule has 33 heavy (non-hydrogen) atoms. The first kappa shape index (κ1) is 19.8. The van der Waals surface area contributed by atoms with Crippen LogP contribution in [0.5, 0.6) is 0 Å². The van der Waals surface area contributed by atoms with Gasteiger partial charge in [-0.15, -0.1) is 0 Å². The SMILES string of the molecule is Cc1cc(C)c(-n2ccnc2-c2ccc(B3c4ccccc4-c4ccccc43)cc2)c(C)c1. The normalized spacial score (nSPS) is 12.0. The Morgan fingerprint density at radius 2 is 1.27 bits per heavy atom. The van der Waals surface area contributed by atoms with Gasteiger partial charge in [-0.05, 0) is 43.0 Å². The topological polar surface area (TPSA) is 17.8 Å². The Kier molecular flexibility index (Phi) is 4.58. The van der Waals surface area contributed by atoms with Gasteiger partial charge in [0.25, 0.3) is 0 Å². The van der Waals surface area contributed by atoms with Gasteiger partial charge in [0.1, 0.15) is 5.82 Å². The number of aromatic nitrogens is 2. The fraction of sp³-hybridized carbons (Fsp3) is 0.100. The number of imidazole rings is 1. The molecule has 0 saturated carbocycles. The highest BCUT2D eigenvalue weighted by Crippen LogP contribution is 2.27. The monoisotopic (exact) mass is 424 g/mol. The Morgan fingerprint density at radius 3 is 1.88 bits per heavy atom. The maximum absolute atomic E-state index is 4.73. The summed E-state index contributed by atoms with van der Waals surface area (Å²) in [6.45, 7) is 6.78. The Hall–Kier alpha value is -3.85. The van der Waals surface area contributed by atoms with Crippen molar-refractivity contribution in [3.8, 4) is 28.2 Å². The molecule has 158 valence electrons. The van der Waals surface area contributed by atoms with Crippen molar-refractivity contribution in [3.05, 3.63) is 114 Å². The molecule has 0 aliphatic carbocycles. The van der Waals surface area contributed by atoms with E-state index in [2.05, 4.69) is 116 Å². The predicted octanol–water partition coefficient (Wildman–Crippen LogP) is 4.96. The fourth-order valence-corrected chi connectivity index (χ4v) is 5.59. The van der Waals surface area contributed by atoms with Gasteiger partial charge in [0.15, 0.2) is 0 Å². The van der Waals surface area contributed by atoms with E-state index in [0.29, 0.717) is 0 Å². The second-order valence-electron chi connectivity index (χ2n) is 9.10. The Bertz CT molecular complexity index is 1430. The molecule has 0 bridgehead atoms. The van der Waals surface area contributed by atoms with E-state index in [-0.39, 0.29) is 6.71 Å². The number of hydrogen-bond donors (Lipinski definition) is 0. The third-order valence-electron chi connectivity index (χ3n) is 6.85. The smallest absolute Gasteiger partial charge is 0.242 e. The fourth-order valence-electron chi connectivity index (χ4n) is 5.59.